The molecule has 0 unspecified atom stereocenters. The molecule has 0 aliphatic heterocycles. The van der Waals surface area contributed by atoms with Gasteiger partial charge in [0.2, 0.25) is 0 Å². The number of fused-ring (bicyclic) bond motifs is 1. The average molecular weight is 298 g/mol. The largest absolute Gasteiger partial charge is 0.331 e. The number of nitrogens with zero attached hydrogens (tertiary/aromatic N) is 4. The van der Waals surface area contributed by atoms with Crippen molar-refractivity contribution >= 4 is 11.4 Å². The molecule has 0 aliphatic rings. The van der Waals surface area contributed by atoms with E-state index in [0.29, 0.717) is 5.69 Å². The molecule has 0 radical (unpaired) electrons. The molecule has 0 amide bonds. The molecule has 0 aromatic carbocycles. The number of ketones is 1. The van der Waals surface area contributed by atoms with E-state index in [1.54, 1.807) is 6.20 Å². The Balaban J connectivity index is 2.10. The van der Waals surface area contributed by atoms with Gasteiger partial charge in [-0.2, -0.15) is 0 Å². The zero-order valence-corrected chi connectivity index (χ0v) is 12.2. The van der Waals surface area contributed by atoms with E-state index in [9.17, 15) is 14.4 Å². The summed E-state index contributed by atoms with van der Waals surface area (Å²) in [4.78, 5) is 40.0. The predicted octanol–water partition coefficient (Wildman–Crippen LogP) is 0.446. The Kier molecular flexibility index (Phi) is 3.25. The Hall–Kier alpha value is -2.96. The summed E-state index contributed by atoms with van der Waals surface area (Å²) >= 11 is 0. The third-order valence-corrected chi connectivity index (χ3v) is 3.48. The third kappa shape index (κ3) is 2.26. The number of aromatic nitrogens is 4. The molecule has 0 atom stereocenters. The normalized spacial score (nSPS) is 11.0. The quantitative estimate of drug-likeness (QED) is 0.658. The second-order valence-electron chi connectivity index (χ2n) is 5.07. The standard InChI is InChI=1S/C15H14N4O3/c1-10(20)12-9-19(15(22)17(2)14(12)21)8-11-7-18-6-4-3-5-13(18)16-11/h3-7,9H,8H2,1-2H3. The van der Waals surface area contributed by atoms with E-state index in [0.717, 1.165) is 10.2 Å². The second-order valence-corrected chi connectivity index (χ2v) is 5.07. The molecule has 7 heteroatoms. The molecule has 22 heavy (non-hydrogen) atoms. The summed E-state index contributed by atoms with van der Waals surface area (Å²) in [6, 6.07) is 5.61. The molecule has 3 aromatic rings. The van der Waals surface area contributed by atoms with Gasteiger partial charge in [0.1, 0.15) is 5.65 Å². The highest BCUT2D eigenvalue weighted by atomic mass is 16.2. The van der Waals surface area contributed by atoms with E-state index in [-0.39, 0.29) is 17.9 Å². The van der Waals surface area contributed by atoms with E-state index in [1.807, 2.05) is 28.8 Å². The van der Waals surface area contributed by atoms with Gasteiger partial charge < -0.3 is 4.40 Å². The van der Waals surface area contributed by atoms with Crippen molar-refractivity contribution < 1.29 is 4.79 Å². The van der Waals surface area contributed by atoms with E-state index in [4.69, 9.17) is 0 Å². The van der Waals surface area contributed by atoms with E-state index >= 15 is 0 Å². The summed E-state index contributed by atoms with van der Waals surface area (Å²) in [5, 5.41) is 0. The van der Waals surface area contributed by atoms with Gasteiger partial charge in [0.15, 0.2) is 5.78 Å². The van der Waals surface area contributed by atoms with Gasteiger partial charge in [-0.3, -0.25) is 18.7 Å². The molecule has 0 spiro atoms. The van der Waals surface area contributed by atoms with Crippen molar-refractivity contribution in [1.82, 2.24) is 18.5 Å². The van der Waals surface area contributed by atoms with Crippen LogP contribution in [0.4, 0.5) is 0 Å². The second kappa shape index (κ2) is 5.10. The van der Waals surface area contributed by atoms with Gasteiger partial charge in [-0.05, 0) is 19.1 Å². The summed E-state index contributed by atoms with van der Waals surface area (Å²) in [6.45, 7) is 1.49. The van der Waals surface area contributed by atoms with Crippen LogP contribution in [0, 0.1) is 0 Å². The fourth-order valence-electron chi connectivity index (χ4n) is 2.32. The van der Waals surface area contributed by atoms with Crippen LogP contribution in [0.2, 0.25) is 0 Å². The van der Waals surface area contributed by atoms with Gasteiger partial charge in [-0.15, -0.1) is 0 Å². The summed E-state index contributed by atoms with van der Waals surface area (Å²) in [5.74, 6) is -0.371. The van der Waals surface area contributed by atoms with Crippen LogP contribution in [0.5, 0.6) is 0 Å². The lowest BCUT2D eigenvalue weighted by Crippen LogP contribution is -2.40. The Labute approximate surface area is 125 Å². The zero-order valence-electron chi connectivity index (χ0n) is 12.2. The van der Waals surface area contributed by atoms with Crippen LogP contribution >= 0.6 is 0 Å². The maximum Gasteiger partial charge on any atom is 0.331 e. The Morgan fingerprint density at radius 3 is 2.68 bits per heavy atom. The highest BCUT2D eigenvalue weighted by Gasteiger charge is 2.13. The molecular formula is C15H14N4O3. The SMILES string of the molecule is CC(=O)c1cn(Cc2cn3ccccc3n2)c(=O)n(C)c1=O. The van der Waals surface area contributed by atoms with Crippen molar-refractivity contribution in [3.8, 4) is 0 Å². The van der Waals surface area contributed by atoms with Crippen molar-refractivity contribution in [2.24, 2.45) is 7.05 Å². The highest BCUT2D eigenvalue weighted by Crippen LogP contribution is 2.05. The molecule has 3 rings (SSSR count). The summed E-state index contributed by atoms with van der Waals surface area (Å²) in [7, 11) is 1.36. The molecule has 0 bridgehead atoms. The van der Waals surface area contributed by atoms with Gasteiger partial charge in [0.25, 0.3) is 5.56 Å². The molecule has 0 N–H and O–H groups in total. The maximum absolute atomic E-state index is 12.2. The smallest absolute Gasteiger partial charge is 0.307 e. The molecular weight excluding hydrogens is 284 g/mol. The summed E-state index contributed by atoms with van der Waals surface area (Å²) < 4.78 is 4.10. The minimum Gasteiger partial charge on any atom is -0.307 e. The number of carbonyl (C=O) groups is 1. The summed E-state index contributed by atoms with van der Waals surface area (Å²) in [5.41, 5.74) is 0.366. The number of hydrogen-bond donors (Lipinski definition) is 0. The molecule has 0 aliphatic carbocycles. The van der Waals surface area contributed by atoms with Crippen LogP contribution in [0.25, 0.3) is 5.65 Å². The molecule has 3 aromatic heterocycles. The Morgan fingerprint density at radius 1 is 1.23 bits per heavy atom. The molecule has 0 fully saturated rings. The van der Waals surface area contributed by atoms with Gasteiger partial charge in [0, 0.05) is 25.6 Å². The zero-order chi connectivity index (χ0) is 15.9. The van der Waals surface area contributed by atoms with Gasteiger partial charge in [-0.1, -0.05) is 6.07 Å². The first-order chi connectivity index (χ1) is 10.5. The number of Topliss-reactive ketones (excluding diaryl/α,β-unsaturated/α-hetero) is 1. The topological polar surface area (TPSA) is 78.4 Å². The fourth-order valence-corrected chi connectivity index (χ4v) is 2.32. The highest BCUT2D eigenvalue weighted by molar-refractivity contribution is 5.93. The van der Waals surface area contributed by atoms with E-state index in [1.165, 1.54) is 24.7 Å². The third-order valence-electron chi connectivity index (χ3n) is 3.48. The summed E-state index contributed by atoms with van der Waals surface area (Å²) in [6.07, 6.45) is 4.97. The minimum absolute atomic E-state index is 0.00846. The molecule has 0 saturated heterocycles. The van der Waals surface area contributed by atoms with Gasteiger partial charge in [-0.25, -0.2) is 9.78 Å². The molecule has 112 valence electrons. The lowest BCUT2D eigenvalue weighted by Gasteiger charge is -2.07. The number of rotatable bonds is 3. The van der Waals surface area contributed by atoms with Crippen LogP contribution in [-0.4, -0.2) is 24.3 Å². The number of hydrogen-bond acceptors (Lipinski definition) is 4. The van der Waals surface area contributed by atoms with Gasteiger partial charge in [0.05, 0.1) is 17.8 Å². The maximum atomic E-state index is 12.2. The number of pyridine rings is 1. The van der Waals surface area contributed by atoms with Crippen molar-refractivity contribution in [3.63, 3.8) is 0 Å². The van der Waals surface area contributed by atoms with E-state index in [2.05, 4.69) is 4.98 Å². The first-order valence-electron chi connectivity index (χ1n) is 6.71. The molecule has 7 nitrogen and oxygen atoms in total. The fraction of sp³-hybridized carbons (Fsp3) is 0.200. The first-order valence-corrected chi connectivity index (χ1v) is 6.71. The average Bonchev–Trinajstić information content (AvgIpc) is 2.89. The lowest BCUT2D eigenvalue weighted by molar-refractivity contribution is 0.101. The van der Waals surface area contributed by atoms with Crippen molar-refractivity contribution in [2.75, 3.05) is 0 Å². The Morgan fingerprint density at radius 2 is 2.00 bits per heavy atom. The minimum atomic E-state index is -0.580. The van der Waals surface area contributed by atoms with E-state index < -0.39 is 11.2 Å². The van der Waals surface area contributed by atoms with Crippen LogP contribution in [-0.2, 0) is 13.6 Å². The predicted molar refractivity (Wildman–Crippen MR) is 80.2 cm³/mol. The molecule has 3 heterocycles. The number of carbonyl (C=O) groups excluding carboxylic acids is 1. The number of imidazole rings is 1. The van der Waals surface area contributed by atoms with Gasteiger partial charge >= 0.3 is 5.69 Å². The van der Waals surface area contributed by atoms with Crippen LogP contribution < -0.4 is 11.2 Å². The van der Waals surface area contributed by atoms with Crippen LogP contribution in [0.3, 0.4) is 0 Å². The molecule has 0 saturated carbocycles. The van der Waals surface area contributed by atoms with Crippen LogP contribution in [0.15, 0.2) is 46.4 Å². The van der Waals surface area contributed by atoms with Crippen molar-refractivity contribution in [2.45, 2.75) is 13.5 Å². The lowest BCUT2D eigenvalue weighted by atomic mass is 10.2. The van der Waals surface area contributed by atoms with Crippen LogP contribution in [0.1, 0.15) is 23.0 Å². The first kappa shape index (κ1) is 14.0. The monoisotopic (exact) mass is 298 g/mol. The van der Waals surface area contributed by atoms with Crippen molar-refractivity contribution in [1.29, 1.82) is 0 Å². The van der Waals surface area contributed by atoms with Crippen molar-refractivity contribution in [3.05, 3.63) is 68.9 Å². The Bertz CT molecular complexity index is 961.